The zero-order chi connectivity index (χ0) is 27.6. The van der Waals surface area contributed by atoms with Crippen molar-refractivity contribution in [2.45, 2.75) is 96.4 Å². The molecule has 3 N–H and O–H groups in total. The van der Waals surface area contributed by atoms with Crippen LogP contribution >= 0.6 is 11.8 Å². The highest BCUT2D eigenvalue weighted by molar-refractivity contribution is 8.14. The molecule has 0 saturated heterocycles. The molecule has 1 aromatic carbocycles. The van der Waals surface area contributed by atoms with Crippen molar-refractivity contribution >= 4 is 34.7 Å². The largest absolute Gasteiger partial charge is 0.508 e. The van der Waals surface area contributed by atoms with Crippen LogP contribution in [0.2, 0.25) is 0 Å². The van der Waals surface area contributed by atoms with Gasteiger partial charge in [-0.05, 0) is 42.9 Å². The maximum atomic E-state index is 13.7. The molecule has 0 aromatic heterocycles. The fourth-order valence-electron chi connectivity index (χ4n) is 4.22. The van der Waals surface area contributed by atoms with Gasteiger partial charge in [-0.2, -0.15) is 0 Å². The lowest BCUT2D eigenvalue weighted by atomic mass is 9.94. The Morgan fingerprint density at radius 1 is 1.05 bits per heavy atom. The van der Waals surface area contributed by atoms with E-state index in [9.17, 15) is 24.3 Å². The monoisotopic (exact) mass is 534 g/mol. The number of amides is 2. The Labute approximate surface area is 224 Å². The Bertz CT molecular complexity index is 925. The number of ether oxygens (including phenoxy) is 1. The van der Waals surface area contributed by atoms with Gasteiger partial charge < -0.3 is 20.5 Å². The predicted molar refractivity (Wildman–Crippen MR) is 145 cm³/mol. The van der Waals surface area contributed by atoms with Crippen molar-refractivity contribution in [2.24, 2.45) is 11.8 Å². The number of thioether (sulfide) groups is 1. The summed E-state index contributed by atoms with van der Waals surface area (Å²) in [5, 5.41) is 14.7. The first-order valence-corrected chi connectivity index (χ1v) is 14.1. The molecule has 0 radical (unpaired) electrons. The van der Waals surface area contributed by atoms with Crippen LogP contribution in [0, 0.1) is 11.8 Å². The summed E-state index contributed by atoms with van der Waals surface area (Å²) in [6, 6.07) is 5.49. The van der Waals surface area contributed by atoms with Crippen molar-refractivity contribution in [3.05, 3.63) is 29.8 Å². The maximum absolute atomic E-state index is 13.7. The van der Waals surface area contributed by atoms with Crippen molar-refractivity contribution < 1.29 is 29.0 Å². The smallest absolute Gasteiger partial charge is 0.328 e. The zero-order valence-electron chi connectivity index (χ0n) is 22.7. The summed E-state index contributed by atoms with van der Waals surface area (Å²) in [6.45, 7) is 9.61. The molecule has 1 aliphatic rings. The standard InChI is InChI=1S/C28H42N2O6S/c1-6-7-16-36-25(33)22(17-20-10-12-21(31)13-11-20)29-27(35)28(14-8-9-15-28)30-24(32)23(18(2)3)37-26(34)19(4)5/h10-13,18-19,22-23,31H,6-9,14-17H2,1-5H3,(H,29,35)(H,30,32)/t22-,23-/m0/s1. The van der Waals surface area contributed by atoms with Gasteiger partial charge in [-0.3, -0.25) is 14.4 Å². The molecular formula is C28H42N2O6S. The Morgan fingerprint density at radius 3 is 2.22 bits per heavy atom. The first kappa shape index (κ1) is 30.7. The molecule has 8 nitrogen and oxygen atoms in total. The first-order valence-electron chi connectivity index (χ1n) is 13.3. The van der Waals surface area contributed by atoms with Crippen LogP contribution in [-0.2, 0) is 30.3 Å². The Hall–Kier alpha value is -2.55. The van der Waals surface area contributed by atoms with Gasteiger partial charge in [-0.25, -0.2) is 4.79 Å². The van der Waals surface area contributed by atoms with E-state index >= 15 is 0 Å². The molecule has 9 heteroatoms. The van der Waals surface area contributed by atoms with E-state index in [1.165, 1.54) is 12.1 Å². The van der Waals surface area contributed by atoms with Gasteiger partial charge in [0, 0.05) is 12.3 Å². The molecule has 0 unspecified atom stereocenters. The maximum Gasteiger partial charge on any atom is 0.328 e. The minimum Gasteiger partial charge on any atom is -0.508 e. The number of hydrogen-bond acceptors (Lipinski definition) is 7. The van der Waals surface area contributed by atoms with Crippen LogP contribution in [0.3, 0.4) is 0 Å². The molecule has 0 spiro atoms. The first-order chi connectivity index (χ1) is 17.5. The Balaban J connectivity index is 2.23. The lowest BCUT2D eigenvalue weighted by molar-refractivity contribution is -0.149. The third-order valence-electron chi connectivity index (χ3n) is 6.54. The van der Waals surface area contributed by atoms with Gasteiger partial charge in [0.25, 0.3) is 0 Å². The highest BCUT2D eigenvalue weighted by Crippen LogP contribution is 2.32. The summed E-state index contributed by atoms with van der Waals surface area (Å²) in [6.07, 6.45) is 4.21. The van der Waals surface area contributed by atoms with E-state index in [1.807, 2.05) is 20.8 Å². The normalized spacial score (nSPS) is 16.3. The molecule has 1 aliphatic carbocycles. The van der Waals surface area contributed by atoms with Crippen molar-refractivity contribution in [1.82, 2.24) is 10.6 Å². The second kappa shape index (κ2) is 14.4. The zero-order valence-corrected chi connectivity index (χ0v) is 23.5. The van der Waals surface area contributed by atoms with E-state index in [1.54, 1.807) is 26.0 Å². The molecule has 1 fully saturated rings. The van der Waals surface area contributed by atoms with Crippen molar-refractivity contribution in [3.63, 3.8) is 0 Å². The van der Waals surface area contributed by atoms with Gasteiger partial charge in [0.15, 0.2) is 5.12 Å². The number of phenolic OH excluding ortho intramolecular Hbond substituents is 1. The molecule has 2 atom stereocenters. The average Bonchev–Trinajstić information content (AvgIpc) is 3.32. The van der Waals surface area contributed by atoms with Crippen LogP contribution in [-0.4, -0.2) is 51.4 Å². The quantitative estimate of drug-likeness (QED) is 0.257. The molecule has 37 heavy (non-hydrogen) atoms. The van der Waals surface area contributed by atoms with Crippen molar-refractivity contribution in [2.75, 3.05) is 6.61 Å². The highest BCUT2D eigenvalue weighted by Gasteiger charge is 2.45. The van der Waals surface area contributed by atoms with Crippen LogP contribution < -0.4 is 10.6 Å². The van der Waals surface area contributed by atoms with E-state index in [2.05, 4.69) is 10.6 Å². The van der Waals surface area contributed by atoms with E-state index < -0.39 is 28.7 Å². The minimum atomic E-state index is -1.15. The lowest BCUT2D eigenvalue weighted by Crippen LogP contribution is -2.61. The van der Waals surface area contributed by atoms with Gasteiger partial charge in [0.1, 0.15) is 17.3 Å². The molecule has 1 aromatic rings. The second-order valence-electron chi connectivity index (χ2n) is 10.5. The summed E-state index contributed by atoms with van der Waals surface area (Å²) in [5.74, 6) is -1.50. The van der Waals surface area contributed by atoms with Gasteiger partial charge in [-0.15, -0.1) is 0 Å². The van der Waals surface area contributed by atoms with E-state index in [4.69, 9.17) is 4.74 Å². The molecule has 0 aliphatic heterocycles. The number of nitrogens with one attached hydrogen (secondary N) is 2. The van der Waals surface area contributed by atoms with Gasteiger partial charge >= 0.3 is 5.97 Å². The van der Waals surface area contributed by atoms with Gasteiger partial charge in [0.05, 0.1) is 11.9 Å². The van der Waals surface area contributed by atoms with Crippen LogP contribution in [0.1, 0.15) is 78.7 Å². The van der Waals surface area contributed by atoms with Crippen LogP contribution in [0.25, 0.3) is 0 Å². The van der Waals surface area contributed by atoms with Gasteiger partial charge in [0.2, 0.25) is 11.8 Å². The molecule has 0 bridgehead atoms. The molecule has 0 heterocycles. The number of carbonyl (C=O) groups excluding carboxylic acids is 4. The van der Waals surface area contributed by atoms with Crippen LogP contribution in [0.4, 0.5) is 0 Å². The summed E-state index contributed by atoms with van der Waals surface area (Å²) in [7, 11) is 0. The highest BCUT2D eigenvalue weighted by atomic mass is 32.2. The number of rotatable bonds is 13. The Kier molecular flexibility index (Phi) is 11.9. The molecular weight excluding hydrogens is 492 g/mol. The predicted octanol–water partition coefficient (Wildman–Crippen LogP) is 4.13. The minimum absolute atomic E-state index is 0.0671. The summed E-state index contributed by atoms with van der Waals surface area (Å²) < 4.78 is 5.42. The number of unbranched alkanes of at least 4 members (excludes halogenated alkanes) is 1. The SMILES string of the molecule is CCCCOC(=O)[C@H](Cc1ccc(O)cc1)NC(=O)C1(NC(=O)[C@@H](SC(=O)C(C)C)C(C)C)CCCC1. The number of carbonyl (C=O) groups is 4. The second-order valence-corrected chi connectivity index (χ2v) is 11.6. The molecule has 2 amide bonds. The number of hydrogen-bond donors (Lipinski definition) is 3. The van der Waals surface area contributed by atoms with E-state index in [0.29, 0.717) is 12.8 Å². The number of aromatic hydroxyl groups is 1. The summed E-state index contributed by atoms with van der Waals surface area (Å²) in [5.41, 5.74) is -0.397. The summed E-state index contributed by atoms with van der Waals surface area (Å²) in [4.78, 5) is 52.3. The van der Waals surface area contributed by atoms with Crippen molar-refractivity contribution in [3.8, 4) is 5.75 Å². The lowest BCUT2D eigenvalue weighted by Gasteiger charge is -2.33. The number of esters is 1. The third-order valence-corrected chi connectivity index (χ3v) is 8.26. The fourth-order valence-corrected chi connectivity index (χ4v) is 5.18. The average molecular weight is 535 g/mol. The van der Waals surface area contributed by atoms with Crippen molar-refractivity contribution in [1.29, 1.82) is 0 Å². The Morgan fingerprint density at radius 2 is 1.68 bits per heavy atom. The molecule has 1 saturated carbocycles. The van der Waals surface area contributed by atoms with E-state index in [0.717, 1.165) is 43.0 Å². The van der Waals surface area contributed by atoms with Crippen LogP contribution in [0.15, 0.2) is 24.3 Å². The van der Waals surface area contributed by atoms with Gasteiger partial charge in [-0.1, -0.05) is 77.8 Å². The topological polar surface area (TPSA) is 122 Å². The van der Waals surface area contributed by atoms with E-state index in [-0.39, 0.29) is 41.6 Å². The third kappa shape index (κ3) is 9.05. The molecule has 206 valence electrons. The summed E-state index contributed by atoms with van der Waals surface area (Å²) >= 11 is 1.02. The fraction of sp³-hybridized carbons (Fsp3) is 0.643. The van der Waals surface area contributed by atoms with Crippen LogP contribution in [0.5, 0.6) is 5.75 Å². The number of phenols is 1. The molecule has 2 rings (SSSR count). The number of benzene rings is 1.